The van der Waals surface area contributed by atoms with E-state index >= 15 is 0 Å². The van der Waals surface area contributed by atoms with Crippen molar-refractivity contribution in [3.63, 3.8) is 0 Å². The lowest BCUT2D eigenvalue weighted by Crippen LogP contribution is -2.31. The Kier molecular flexibility index (Phi) is 9.90. The van der Waals surface area contributed by atoms with Crippen molar-refractivity contribution in [3.05, 3.63) is 33.4 Å². The zero-order valence-electron chi connectivity index (χ0n) is 18.0. The predicted octanol–water partition coefficient (Wildman–Crippen LogP) is 4.20. The van der Waals surface area contributed by atoms with Gasteiger partial charge in [-0.1, -0.05) is 0 Å². The van der Waals surface area contributed by atoms with Crippen LogP contribution in [0.25, 0.3) is 0 Å². The van der Waals surface area contributed by atoms with E-state index in [1.807, 2.05) is 0 Å². The Morgan fingerprint density at radius 1 is 0.833 bits per heavy atom. The summed E-state index contributed by atoms with van der Waals surface area (Å²) in [5.41, 5.74) is -3.38. The average Bonchev–Trinajstić information content (AvgIpc) is 2.65. The summed E-state index contributed by atoms with van der Waals surface area (Å²) in [5.74, 6) is 0. The van der Waals surface area contributed by atoms with Crippen LogP contribution in [0.2, 0.25) is 0 Å². The maximum atomic E-state index is 12.5. The molecule has 0 spiro atoms. The van der Waals surface area contributed by atoms with E-state index in [1.54, 1.807) is 34.6 Å². The number of hydrogen-bond donors (Lipinski definition) is 3. The molecule has 0 radical (unpaired) electrons. The molecule has 0 aliphatic rings. The number of hydrogen-bond acceptors (Lipinski definition) is 8. The van der Waals surface area contributed by atoms with Gasteiger partial charge in [-0.05, 0) is 63.8 Å². The van der Waals surface area contributed by atoms with Crippen molar-refractivity contribution in [1.82, 2.24) is 0 Å². The number of rotatable bonds is 12. The first-order chi connectivity index (χ1) is 13.9. The quantitative estimate of drug-likeness (QED) is 0.295. The van der Waals surface area contributed by atoms with Crippen LogP contribution in [0.4, 0.5) is 0 Å². The first-order valence-electron chi connectivity index (χ1n) is 9.39. The minimum atomic E-state index is -4.08. The fourth-order valence-electron chi connectivity index (χ4n) is 3.62. The summed E-state index contributed by atoms with van der Waals surface area (Å²) in [6.07, 6.45) is -0.450. The van der Waals surface area contributed by atoms with E-state index in [-0.39, 0.29) is 42.1 Å². The van der Waals surface area contributed by atoms with Crippen molar-refractivity contribution in [2.45, 2.75) is 58.8 Å². The molecule has 170 valence electrons. The summed E-state index contributed by atoms with van der Waals surface area (Å²) >= 11 is 0. The Morgan fingerprint density at radius 3 is 1.53 bits per heavy atom. The van der Waals surface area contributed by atoms with Gasteiger partial charge in [0.2, 0.25) is 16.9 Å². The molecule has 0 aliphatic heterocycles. The third kappa shape index (κ3) is 5.60. The number of ether oxygens (including phenoxy) is 2. The molecule has 1 aromatic carbocycles. The lowest BCUT2D eigenvalue weighted by Gasteiger charge is -2.33. The molecule has 3 atom stereocenters. The van der Waals surface area contributed by atoms with Crippen LogP contribution in [-0.2, 0) is 44.9 Å². The number of benzene rings is 1. The van der Waals surface area contributed by atoms with Crippen LogP contribution >= 0.6 is 24.5 Å². The largest absolute Gasteiger partial charge is 0.353 e. The Hall–Kier alpha value is -0.590. The normalized spacial score (nSPS) is 18.2. The molecule has 0 amide bonds. The lowest BCUT2D eigenvalue weighted by molar-refractivity contribution is -0.143. The van der Waals surface area contributed by atoms with Crippen LogP contribution in [-0.4, -0.2) is 34.9 Å². The van der Waals surface area contributed by atoms with E-state index in [0.717, 1.165) is 0 Å². The maximum absolute atomic E-state index is 12.5. The van der Waals surface area contributed by atoms with Gasteiger partial charge in [0.25, 0.3) is 11.1 Å². The highest BCUT2D eigenvalue weighted by atomic mass is 31.2. The van der Waals surface area contributed by atoms with Crippen LogP contribution in [0.5, 0.6) is 0 Å². The summed E-state index contributed by atoms with van der Waals surface area (Å²) in [7, 11) is -5.64. The molecule has 9 nitrogen and oxygen atoms in total. The van der Waals surface area contributed by atoms with Gasteiger partial charge in [-0.2, -0.15) is 0 Å². The molecule has 0 saturated heterocycles. The second-order valence-corrected chi connectivity index (χ2v) is 10.0. The van der Waals surface area contributed by atoms with Crippen LogP contribution in [0.15, 0.2) is 0 Å². The number of aliphatic hydroxyl groups is 2. The van der Waals surface area contributed by atoms with Gasteiger partial charge in [0, 0.05) is 24.3 Å². The van der Waals surface area contributed by atoms with E-state index in [0.29, 0.717) is 11.1 Å². The highest BCUT2D eigenvalue weighted by Crippen LogP contribution is 2.51. The zero-order chi connectivity index (χ0) is 23.3. The molecule has 0 aromatic heterocycles. The zero-order valence-corrected chi connectivity index (χ0v) is 20.6. The maximum Gasteiger partial charge on any atom is 0.332 e. The SMILES string of the molecule is CCOC(O)(P=O)c1c(C)c(CP(=O)(O)OCC)c(C)c(C(O)(OCC)P=O)c1C. The first kappa shape index (κ1) is 27.4. The smallest absolute Gasteiger partial charge is 0.332 e. The van der Waals surface area contributed by atoms with Crippen LogP contribution in [0, 0.1) is 20.8 Å². The van der Waals surface area contributed by atoms with Gasteiger partial charge in [-0.3, -0.25) is 13.7 Å². The Balaban J connectivity index is 4.06. The second kappa shape index (κ2) is 10.8. The molecule has 1 aromatic rings. The lowest BCUT2D eigenvalue weighted by atomic mass is 9.87. The van der Waals surface area contributed by atoms with Crippen LogP contribution < -0.4 is 0 Å². The molecule has 1 rings (SSSR count). The van der Waals surface area contributed by atoms with Crippen LogP contribution in [0.3, 0.4) is 0 Å². The van der Waals surface area contributed by atoms with Gasteiger partial charge in [-0.15, -0.1) is 0 Å². The molecule has 0 fully saturated rings. The molecule has 30 heavy (non-hydrogen) atoms. The Morgan fingerprint density at radius 2 is 1.23 bits per heavy atom. The third-order valence-electron chi connectivity index (χ3n) is 4.68. The van der Waals surface area contributed by atoms with Crippen molar-refractivity contribution < 1.29 is 42.8 Å². The Bertz CT molecular complexity index is 794. The topological polar surface area (TPSA) is 140 Å². The molecule has 0 saturated carbocycles. The van der Waals surface area contributed by atoms with Crippen molar-refractivity contribution in [2.75, 3.05) is 19.8 Å². The summed E-state index contributed by atoms with van der Waals surface area (Å²) in [6, 6.07) is 0. The third-order valence-corrected chi connectivity index (χ3v) is 7.26. The molecular weight excluding hydrogens is 453 g/mol. The highest BCUT2D eigenvalue weighted by Gasteiger charge is 2.43. The van der Waals surface area contributed by atoms with Crippen molar-refractivity contribution in [3.8, 4) is 0 Å². The van der Waals surface area contributed by atoms with E-state index < -0.39 is 41.7 Å². The predicted molar refractivity (Wildman–Crippen MR) is 112 cm³/mol. The van der Waals surface area contributed by atoms with Crippen molar-refractivity contribution in [2.24, 2.45) is 0 Å². The molecule has 3 unspecified atom stereocenters. The van der Waals surface area contributed by atoms with Gasteiger partial charge in [0.05, 0.1) is 12.8 Å². The minimum absolute atomic E-state index is 0.00156. The summed E-state index contributed by atoms with van der Waals surface area (Å²) < 4.78 is 51.9. The summed E-state index contributed by atoms with van der Waals surface area (Å²) in [4.78, 5) is 10.2. The first-order valence-corrected chi connectivity index (χ1v) is 12.8. The van der Waals surface area contributed by atoms with Gasteiger partial charge in [0.1, 0.15) is 0 Å². The average molecular weight is 482 g/mol. The molecule has 3 N–H and O–H groups in total. The highest BCUT2D eigenvalue weighted by molar-refractivity contribution is 7.51. The molecule has 12 heteroatoms. The molecule has 0 aliphatic carbocycles. The van der Waals surface area contributed by atoms with Crippen LogP contribution in [0.1, 0.15) is 54.2 Å². The van der Waals surface area contributed by atoms with E-state index in [1.165, 1.54) is 6.92 Å². The van der Waals surface area contributed by atoms with Gasteiger partial charge in [0.15, 0.2) is 0 Å². The molecule has 0 bridgehead atoms. The monoisotopic (exact) mass is 482 g/mol. The van der Waals surface area contributed by atoms with E-state index in [9.17, 15) is 28.8 Å². The Labute approximate surface area is 179 Å². The van der Waals surface area contributed by atoms with Crippen molar-refractivity contribution in [1.29, 1.82) is 0 Å². The standard InChI is InChI=1S/C18H29O9P3/c1-7-25-17(19,28-21)15-11(4)14(10-30(23,24)27-9-3)12(5)16(13(15)6)18(20,29-22)26-8-2/h19-20H,7-10H2,1-6H3,(H,23,24). The second-order valence-electron chi connectivity index (χ2n) is 6.58. The van der Waals surface area contributed by atoms with Crippen molar-refractivity contribution >= 4 is 24.5 Å². The van der Waals surface area contributed by atoms with Gasteiger partial charge < -0.3 is 29.1 Å². The fraction of sp³-hybridized carbons (Fsp3) is 0.667. The van der Waals surface area contributed by atoms with E-state index in [2.05, 4.69) is 0 Å². The minimum Gasteiger partial charge on any atom is -0.353 e. The van der Waals surface area contributed by atoms with Gasteiger partial charge >= 0.3 is 7.60 Å². The summed E-state index contributed by atoms with van der Waals surface area (Å²) in [5, 5.41) is 21.9. The van der Waals surface area contributed by atoms with Gasteiger partial charge in [-0.25, -0.2) is 0 Å². The molecule has 0 heterocycles. The fourth-order valence-corrected chi connectivity index (χ4v) is 6.21. The molecular formula is C18H29O9P3. The van der Waals surface area contributed by atoms with E-state index in [4.69, 9.17) is 14.0 Å². The summed E-state index contributed by atoms with van der Waals surface area (Å²) in [6.45, 7) is 9.46.